The Morgan fingerprint density at radius 3 is 2.58 bits per heavy atom. The second kappa shape index (κ2) is 9.98. The average molecular weight is 391 g/mol. The zero-order valence-electron chi connectivity index (χ0n) is 7.18. The Hall–Kier alpha value is 0.900. The predicted molar refractivity (Wildman–Crippen MR) is 72.8 cm³/mol. The molecule has 1 nitrogen and oxygen atoms in total. The topological polar surface area (TPSA) is 3.24 Å². The van der Waals surface area contributed by atoms with Crippen LogP contribution < -0.4 is 0 Å². The van der Waals surface area contributed by atoms with E-state index in [0.717, 1.165) is 19.4 Å². The molecule has 0 aromatic heterocycles. The molecule has 0 N–H and O–H groups in total. The lowest BCUT2D eigenvalue weighted by atomic mass is 10.3. The lowest BCUT2D eigenvalue weighted by Crippen LogP contribution is -2.13. The Balaban J connectivity index is 3.20. The molecule has 0 unspecified atom stereocenters. The van der Waals surface area contributed by atoms with E-state index in [0.29, 0.717) is 0 Å². The molecule has 0 saturated carbocycles. The fraction of sp³-hybridized carbons (Fsp3) is 0.556. The van der Waals surface area contributed by atoms with Crippen LogP contribution >= 0.6 is 45.5 Å². The van der Waals surface area contributed by atoms with Crippen LogP contribution in [0.3, 0.4) is 0 Å². The first kappa shape index (κ1) is 12.9. The van der Waals surface area contributed by atoms with Crippen LogP contribution in [-0.2, 0) is 0 Å². The van der Waals surface area contributed by atoms with Crippen molar-refractivity contribution < 1.29 is 0 Å². The van der Waals surface area contributed by atoms with Gasteiger partial charge >= 0.3 is 0 Å². The van der Waals surface area contributed by atoms with Crippen molar-refractivity contribution in [2.45, 2.75) is 19.3 Å². The van der Waals surface area contributed by atoms with Crippen molar-refractivity contribution in [2.24, 2.45) is 0 Å². The molecule has 0 aliphatic rings. The van der Waals surface area contributed by atoms with E-state index < -0.39 is 0 Å². The number of halogens is 2. The number of hydrogen-bond donors (Lipinski definition) is 0. The zero-order chi connectivity index (χ0) is 9.23. The van der Waals surface area contributed by atoms with Crippen LogP contribution in [-0.4, -0.2) is 16.2 Å². The molecule has 0 radical (unpaired) electrons. The van der Waals surface area contributed by atoms with Crippen molar-refractivity contribution in [2.75, 3.05) is 13.1 Å². The van der Waals surface area contributed by atoms with Gasteiger partial charge in [-0.25, -0.2) is 3.11 Å². The van der Waals surface area contributed by atoms with Gasteiger partial charge < -0.3 is 0 Å². The van der Waals surface area contributed by atoms with Gasteiger partial charge in [0.25, 0.3) is 0 Å². The molecule has 70 valence electrons. The molecule has 0 aromatic rings. The molecule has 0 amide bonds. The van der Waals surface area contributed by atoms with E-state index >= 15 is 0 Å². The van der Waals surface area contributed by atoms with Crippen molar-refractivity contribution in [3.05, 3.63) is 22.8 Å². The summed E-state index contributed by atoms with van der Waals surface area (Å²) < 4.78 is 4.41. The van der Waals surface area contributed by atoms with Gasteiger partial charge in [-0.2, -0.15) is 0 Å². The molecule has 0 bridgehead atoms. The van der Waals surface area contributed by atoms with Gasteiger partial charge in [0.1, 0.15) is 0 Å². The Bertz CT molecular complexity index is 134. The van der Waals surface area contributed by atoms with Crippen LogP contribution in [0.2, 0.25) is 0 Å². The molecule has 0 saturated heterocycles. The van der Waals surface area contributed by atoms with E-state index in [1.54, 1.807) is 0 Å². The highest BCUT2D eigenvalue weighted by atomic mass is 127. The lowest BCUT2D eigenvalue weighted by Gasteiger charge is -2.11. The summed E-state index contributed by atoms with van der Waals surface area (Å²) in [7, 11) is 0. The smallest absolute Gasteiger partial charge is 0.0201 e. The zero-order valence-corrected chi connectivity index (χ0v) is 11.5. The third kappa shape index (κ3) is 8.99. The summed E-state index contributed by atoms with van der Waals surface area (Å²) in [5.74, 6) is 0. The van der Waals surface area contributed by atoms with Crippen LogP contribution in [0.4, 0.5) is 0 Å². The summed E-state index contributed by atoms with van der Waals surface area (Å²) in [6, 6.07) is 0. The van der Waals surface area contributed by atoms with Crippen molar-refractivity contribution >= 4 is 45.5 Å². The quantitative estimate of drug-likeness (QED) is 0.275. The Morgan fingerprint density at radius 2 is 2.00 bits per heavy atom. The highest BCUT2D eigenvalue weighted by Gasteiger charge is 1.96. The maximum atomic E-state index is 3.70. The Morgan fingerprint density at radius 1 is 1.25 bits per heavy atom. The van der Waals surface area contributed by atoms with Gasteiger partial charge in [-0.05, 0) is 23.3 Å². The van der Waals surface area contributed by atoms with Gasteiger partial charge in [0.15, 0.2) is 0 Å². The van der Waals surface area contributed by atoms with E-state index in [2.05, 4.69) is 65.3 Å². The predicted octanol–water partition coefficient (Wildman–Crippen LogP) is 3.94. The fourth-order valence-electron chi connectivity index (χ4n) is 0.797. The minimum atomic E-state index is 1.13. The molecule has 0 aliphatic carbocycles. The number of rotatable bonds is 7. The highest BCUT2D eigenvalue weighted by molar-refractivity contribution is 14.1. The van der Waals surface area contributed by atoms with Gasteiger partial charge in [0.05, 0.1) is 0 Å². The van der Waals surface area contributed by atoms with Crippen LogP contribution in [0, 0.1) is 0 Å². The largest absolute Gasteiger partial charge is 0.247 e. The molecule has 0 heterocycles. The summed E-state index contributed by atoms with van der Waals surface area (Å²) in [6.07, 6.45) is 7.68. The summed E-state index contributed by atoms with van der Waals surface area (Å²) in [5, 5.41) is 0. The van der Waals surface area contributed by atoms with Gasteiger partial charge in [0, 0.05) is 36.0 Å². The molecule has 0 aliphatic heterocycles. The summed E-state index contributed by atoms with van der Waals surface area (Å²) >= 11 is 4.64. The first-order valence-corrected chi connectivity index (χ1v) is 6.29. The van der Waals surface area contributed by atoms with Crippen LogP contribution in [0.5, 0.6) is 0 Å². The average Bonchev–Trinajstić information content (AvgIpc) is 2.06. The fourth-order valence-corrected chi connectivity index (χ4v) is 1.78. The third-order valence-electron chi connectivity index (χ3n) is 1.44. The molecule has 0 aromatic carbocycles. The second-order valence-corrected chi connectivity index (χ2v) is 4.57. The maximum absolute atomic E-state index is 3.70. The SMILES string of the molecule is C=CCCCN(I)CC/C=C\I. The minimum Gasteiger partial charge on any atom is -0.247 e. The molecular weight excluding hydrogens is 376 g/mol. The van der Waals surface area contributed by atoms with Crippen LogP contribution in [0.25, 0.3) is 0 Å². The molecule has 12 heavy (non-hydrogen) atoms. The first-order chi connectivity index (χ1) is 5.81. The normalized spacial score (nSPS) is 11.2. The molecule has 0 spiro atoms. The molecule has 0 atom stereocenters. The van der Waals surface area contributed by atoms with Gasteiger partial charge in [0.2, 0.25) is 0 Å². The molecule has 0 rings (SSSR count). The van der Waals surface area contributed by atoms with Crippen molar-refractivity contribution in [3.8, 4) is 0 Å². The number of unbranched alkanes of at least 4 members (excludes halogenated alkanes) is 1. The molecule has 0 fully saturated rings. The minimum absolute atomic E-state index is 1.13. The summed E-state index contributed by atoms with van der Waals surface area (Å²) in [6.45, 7) is 6.02. The summed E-state index contributed by atoms with van der Waals surface area (Å²) in [5.41, 5.74) is 0. The number of nitrogens with zero attached hydrogens (tertiary/aromatic N) is 1. The first-order valence-electron chi connectivity index (χ1n) is 4.08. The van der Waals surface area contributed by atoms with E-state index in [9.17, 15) is 0 Å². The van der Waals surface area contributed by atoms with Crippen molar-refractivity contribution in [1.29, 1.82) is 0 Å². The molecule has 3 heteroatoms. The Kier molecular flexibility index (Phi) is 10.7. The third-order valence-corrected chi connectivity index (χ3v) is 2.91. The van der Waals surface area contributed by atoms with Gasteiger partial charge in [-0.15, -0.1) is 6.58 Å². The van der Waals surface area contributed by atoms with Gasteiger partial charge in [-0.1, -0.05) is 34.7 Å². The second-order valence-electron chi connectivity index (χ2n) is 2.49. The van der Waals surface area contributed by atoms with Gasteiger partial charge in [-0.3, -0.25) is 0 Å². The monoisotopic (exact) mass is 391 g/mol. The summed E-state index contributed by atoms with van der Waals surface area (Å²) in [4.78, 5) is 0. The number of allylic oxidation sites excluding steroid dienone is 1. The molecular formula is C9H15I2N. The number of hydrogen-bond acceptors (Lipinski definition) is 1. The maximum Gasteiger partial charge on any atom is 0.0201 e. The highest BCUT2D eigenvalue weighted by Crippen LogP contribution is 2.04. The van der Waals surface area contributed by atoms with E-state index in [1.807, 2.05) is 6.08 Å². The Labute approximate surface area is 103 Å². The van der Waals surface area contributed by atoms with Crippen molar-refractivity contribution in [3.63, 3.8) is 0 Å². The lowest BCUT2D eigenvalue weighted by molar-refractivity contribution is 0.504. The van der Waals surface area contributed by atoms with E-state index in [-0.39, 0.29) is 0 Å². The van der Waals surface area contributed by atoms with E-state index in [1.165, 1.54) is 13.0 Å². The standard InChI is InChI=1S/C9H15I2N/c1-2-3-5-8-12(11)9-6-4-7-10/h2,4,7H,1,3,5-6,8-9H2/b7-4-. The van der Waals surface area contributed by atoms with Crippen LogP contribution in [0.1, 0.15) is 19.3 Å². The van der Waals surface area contributed by atoms with Crippen LogP contribution in [0.15, 0.2) is 22.8 Å². The van der Waals surface area contributed by atoms with E-state index in [4.69, 9.17) is 0 Å². The van der Waals surface area contributed by atoms with Crippen molar-refractivity contribution in [1.82, 2.24) is 3.11 Å².